The molecule has 1 N–H and O–H groups in total. The summed E-state index contributed by atoms with van der Waals surface area (Å²) in [6.07, 6.45) is 0. The van der Waals surface area contributed by atoms with Crippen molar-refractivity contribution in [2.75, 3.05) is 17.9 Å². The van der Waals surface area contributed by atoms with Gasteiger partial charge in [-0.1, -0.05) is 30.0 Å². The highest BCUT2D eigenvalue weighted by atomic mass is 32.2. The number of thioether (sulfide) groups is 1. The van der Waals surface area contributed by atoms with Gasteiger partial charge in [0.15, 0.2) is 16.7 Å². The molecular formula is C24H17F2N3O4S. The second kappa shape index (κ2) is 9.14. The minimum atomic E-state index is -0.873. The lowest BCUT2D eigenvalue weighted by Gasteiger charge is -2.14. The molecule has 172 valence electrons. The third-order valence-corrected chi connectivity index (χ3v) is 6.12. The van der Waals surface area contributed by atoms with Crippen molar-refractivity contribution in [1.29, 1.82) is 0 Å². The molecule has 0 aliphatic carbocycles. The molecule has 0 spiro atoms. The van der Waals surface area contributed by atoms with Gasteiger partial charge in [0.2, 0.25) is 12.7 Å². The Labute approximate surface area is 196 Å². The highest BCUT2D eigenvalue weighted by molar-refractivity contribution is 7.99. The fourth-order valence-corrected chi connectivity index (χ4v) is 4.32. The van der Waals surface area contributed by atoms with E-state index in [1.54, 1.807) is 36.4 Å². The summed E-state index contributed by atoms with van der Waals surface area (Å²) >= 11 is 1.04. The van der Waals surface area contributed by atoms with Crippen molar-refractivity contribution in [2.45, 2.75) is 11.7 Å². The van der Waals surface area contributed by atoms with Crippen molar-refractivity contribution >= 4 is 34.3 Å². The Morgan fingerprint density at radius 2 is 1.88 bits per heavy atom. The lowest BCUT2D eigenvalue weighted by Crippen LogP contribution is -2.25. The van der Waals surface area contributed by atoms with Gasteiger partial charge in [-0.05, 0) is 42.0 Å². The van der Waals surface area contributed by atoms with Gasteiger partial charge in [0.05, 0.1) is 28.9 Å². The Bertz CT molecular complexity index is 1470. The van der Waals surface area contributed by atoms with Gasteiger partial charge in [0.1, 0.15) is 11.6 Å². The maximum absolute atomic E-state index is 13.9. The SMILES string of the molecule is O=C(CSc1nc2ccccc2c(=O)n1Cc1ccc2c(c1)OCO2)Nc1ccc(F)cc1F. The maximum atomic E-state index is 13.9. The summed E-state index contributed by atoms with van der Waals surface area (Å²) in [5.41, 5.74) is 0.914. The number of aromatic nitrogens is 2. The molecule has 1 aliphatic rings. The quantitative estimate of drug-likeness (QED) is 0.329. The molecule has 1 aromatic heterocycles. The zero-order chi connectivity index (χ0) is 23.7. The Kier molecular flexibility index (Phi) is 5.89. The third kappa shape index (κ3) is 4.44. The van der Waals surface area contributed by atoms with Crippen LogP contribution in [-0.2, 0) is 11.3 Å². The molecule has 0 radical (unpaired) electrons. The van der Waals surface area contributed by atoms with E-state index in [0.717, 1.165) is 29.5 Å². The third-order valence-electron chi connectivity index (χ3n) is 5.14. The first kappa shape index (κ1) is 21.9. The largest absolute Gasteiger partial charge is 0.454 e. The first-order chi connectivity index (χ1) is 16.5. The van der Waals surface area contributed by atoms with E-state index in [-0.39, 0.29) is 30.3 Å². The number of anilines is 1. The number of halogens is 2. The normalized spacial score (nSPS) is 12.2. The van der Waals surface area contributed by atoms with E-state index >= 15 is 0 Å². The average Bonchev–Trinajstić information content (AvgIpc) is 3.30. The number of amides is 1. The number of para-hydroxylation sites is 1. The van der Waals surface area contributed by atoms with Crippen LogP contribution in [0.25, 0.3) is 10.9 Å². The lowest BCUT2D eigenvalue weighted by molar-refractivity contribution is -0.113. The number of rotatable bonds is 6. The smallest absolute Gasteiger partial charge is 0.262 e. The van der Waals surface area contributed by atoms with E-state index in [0.29, 0.717) is 33.6 Å². The summed E-state index contributed by atoms with van der Waals surface area (Å²) in [6.45, 7) is 0.338. The van der Waals surface area contributed by atoms with Crippen LogP contribution in [0.5, 0.6) is 11.5 Å². The molecule has 4 aromatic rings. The molecule has 5 rings (SSSR count). The molecule has 10 heteroatoms. The van der Waals surface area contributed by atoms with Crippen molar-refractivity contribution in [3.63, 3.8) is 0 Å². The van der Waals surface area contributed by atoms with E-state index in [4.69, 9.17) is 9.47 Å². The van der Waals surface area contributed by atoms with Crippen LogP contribution in [0, 0.1) is 11.6 Å². The van der Waals surface area contributed by atoms with Crippen LogP contribution < -0.4 is 20.3 Å². The van der Waals surface area contributed by atoms with E-state index in [2.05, 4.69) is 10.3 Å². The van der Waals surface area contributed by atoms with Gasteiger partial charge < -0.3 is 14.8 Å². The molecule has 34 heavy (non-hydrogen) atoms. The number of nitrogens with zero attached hydrogens (tertiary/aromatic N) is 2. The van der Waals surface area contributed by atoms with E-state index in [1.807, 2.05) is 6.07 Å². The Hall–Kier alpha value is -3.92. The van der Waals surface area contributed by atoms with Gasteiger partial charge in [-0.3, -0.25) is 14.2 Å². The first-order valence-electron chi connectivity index (χ1n) is 10.2. The van der Waals surface area contributed by atoms with Crippen molar-refractivity contribution in [2.24, 2.45) is 0 Å². The topological polar surface area (TPSA) is 82.5 Å². The van der Waals surface area contributed by atoms with Crippen LogP contribution in [0.15, 0.2) is 70.6 Å². The van der Waals surface area contributed by atoms with Crippen LogP contribution in [0.4, 0.5) is 14.5 Å². The minimum Gasteiger partial charge on any atom is -0.454 e. The number of carbonyl (C=O) groups is 1. The fourth-order valence-electron chi connectivity index (χ4n) is 3.53. The standard InChI is InChI=1S/C24H17F2N3O4S/c25-15-6-7-19(17(26)10-15)27-22(30)12-34-24-28-18-4-2-1-3-16(18)23(31)29(24)11-14-5-8-20-21(9-14)33-13-32-20/h1-10H,11-13H2,(H,27,30). The second-order valence-electron chi connectivity index (χ2n) is 7.45. The molecule has 0 fully saturated rings. The van der Waals surface area contributed by atoms with Gasteiger partial charge in [-0.2, -0.15) is 0 Å². The molecule has 0 atom stereocenters. The van der Waals surface area contributed by atoms with Gasteiger partial charge in [0.25, 0.3) is 5.56 Å². The molecule has 0 saturated heterocycles. The summed E-state index contributed by atoms with van der Waals surface area (Å²) in [5.74, 6) is -1.05. The summed E-state index contributed by atoms with van der Waals surface area (Å²) in [6, 6.07) is 15.2. The van der Waals surface area contributed by atoms with Gasteiger partial charge in [0, 0.05) is 6.07 Å². The van der Waals surface area contributed by atoms with Gasteiger partial charge >= 0.3 is 0 Å². The molecule has 7 nitrogen and oxygen atoms in total. The fraction of sp³-hybridized carbons (Fsp3) is 0.125. The second-order valence-corrected chi connectivity index (χ2v) is 8.39. The van der Waals surface area contributed by atoms with E-state index in [9.17, 15) is 18.4 Å². The number of hydrogen-bond acceptors (Lipinski definition) is 6. The monoisotopic (exact) mass is 481 g/mol. The van der Waals surface area contributed by atoms with E-state index in [1.165, 1.54) is 4.57 Å². The summed E-state index contributed by atoms with van der Waals surface area (Å²) in [5, 5.41) is 3.19. The van der Waals surface area contributed by atoms with Crippen LogP contribution >= 0.6 is 11.8 Å². The number of ether oxygens (including phenoxy) is 2. The van der Waals surface area contributed by atoms with Crippen molar-refractivity contribution in [3.05, 3.63) is 88.2 Å². The Balaban J connectivity index is 1.42. The number of nitrogens with one attached hydrogen (secondary N) is 1. The number of carbonyl (C=O) groups excluding carboxylic acids is 1. The number of benzene rings is 3. The summed E-state index contributed by atoms with van der Waals surface area (Å²) in [7, 11) is 0. The predicted molar refractivity (Wildman–Crippen MR) is 123 cm³/mol. The lowest BCUT2D eigenvalue weighted by atomic mass is 10.2. The van der Waals surface area contributed by atoms with Crippen molar-refractivity contribution in [1.82, 2.24) is 9.55 Å². The number of fused-ring (bicyclic) bond motifs is 2. The zero-order valence-corrected chi connectivity index (χ0v) is 18.4. The van der Waals surface area contributed by atoms with Crippen LogP contribution in [0.2, 0.25) is 0 Å². The van der Waals surface area contributed by atoms with Gasteiger partial charge in [-0.25, -0.2) is 13.8 Å². The summed E-state index contributed by atoms with van der Waals surface area (Å²) in [4.78, 5) is 30.3. The predicted octanol–water partition coefficient (Wildman–Crippen LogP) is 4.18. The highest BCUT2D eigenvalue weighted by Gasteiger charge is 2.17. The Morgan fingerprint density at radius 1 is 1.06 bits per heavy atom. The van der Waals surface area contributed by atoms with Crippen molar-refractivity contribution in [3.8, 4) is 11.5 Å². The average molecular weight is 481 g/mol. The Morgan fingerprint density at radius 3 is 2.74 bits per heavy atom. The maximum Gasteiger partial charge on any atom is 0.262 e. The minimum absolute atomic E-state index is 0.128. The molecule has 1 aliphatic heterocycles. The van der Waals surface area contributed by atoms with Crippen LogP contribution in [0.1, 0.15) is 5.56 Å². The molecule has 0 bridgehead atoms. The van der Waals surface area contributed by atoms with Crippen molar-refractivity contribution < 1.29 is 23.0 Å². The zero-order valence-electron chi connectivity index (χ0n) is 17.6. The van der Waals surface area contributed by atoms with E-state index < -0.39 is 17.5 Å². The van der Waals surface area contributed by atoms with Crippen LogP contribution in [-0.4, -0.2) is 28.0 Å². The van der Waals surface area contributed by atoms with Crippen LogP contribution in [0.3, 0.4) is 0 Å². The van der Waals surface area contributed by atoms with Gasteiger partial charge in [-0.15, -0.1) is 0 Å². The highest BCUT2D eigenvalue weighted by Crippen LogP contribution is 2.33. The summed E-state index contributed by atoms with van der Waals surface area (Å²) < 4.78 is 39.2. The molecule has 3 aromatic carbocycles. The number of hydrogen-bond donors (Lipinski definition) is 1. The molecule has 1 amide bonds. The molecule has 0 unspecified atom stereocenters. The molecule has 2 heterocycles. The first-order valence-corrected chi connectivity index (χ1v) is 11.2. The molecular weight excluding hydrogens is 464 g/mol. The molecule has 0 saturated carbocycles.